The van der Waals surface area contributed by atoms with Gasteiger partial charge in [-0.05, 0) is 61.5 Å². The van der Waals surface area contributed by atoms with Crippen molar-refractivity contribution in [1.29, 1.82) is 0 Å². The predicted molar refractivity (Wildman–Crippen MR) is 139 cm³/mol. The molecule has 3 N–H and O–H groups in total. The highest BCUT2D eigenvalue weighted by atomic mass is 35.5. The number of methoxy groups -OCH3 is 1. The highest BCUT2D eigenvalue weighted by Crippen LogP contribution is 2.25. The number of nitrogens with zero attached hydrogens (tertiary/aromatic N) is 3. The first-order valence-corrected chi connectivity index (χ1v) is 11.1. The number of aromatic nitrogens is 2. The van der Waals surface area contributed by atoms with E-state index in [0.29, 0.717) is 23.1 Å². The SMILES string of the molecule is COc1ccc(Nc2cc(C)nc(Nc3ccc(NC(=O)c4ccc([N+](=O)[O-])cc4Cl)cc3)n2)cc1. The summed E-state index contributed by atoms with van der Waals surface area (Å²) in [7, 11) is 1.61. The fourth-order valence-corrected chi connectivity index (χ4v) is 3.54. The Morgan fingerprint density at radius 3 is 2.19 bits per heavy atom. The third-order valence-electron chi connectivity index (χ3n) is 5.02. The first kappa shape index (κ1) is 24.4. The summed E-state index contributed by atoms with van der Waals surface area (Å²) in [5.74, 6) is 1.31. The molecular weight excluding hydrogens is 484 g/mol. The quantitative estimate of drug-likeness (QED) is 0.194. The molecule has 0 aliphatic heterocycles. The average Bonchev–Trinajstić information content (AvgIpc) is 2.85. The van der Waals surface area contributed by atoms with Gasteiger partial charge in [-0.25, -0.2) is 4.98 Å². The van der Waals surface area contributed by atoms with Gasteiger partial charge in [-0.2, -0.15) is 4.98 Å². The number of nitro groups is 1. The lowest BCUT2D eigenvalue weighted by atomic mass is 10.2. The Bertz CT molecular complexity index is 1410. The molecule has 182 valence electrons. The van der Waals surface area contributed by atoms with E-state index in [1.807, 2.05) is 37.3 Å². The molecule has 0 atom stereocenters. The van der Waals surface area contributed by atoms with E-state index in [0.717, 1.165) is 23.2 Å². The first-order valence-electron chi connectivity index (χ1n) is 10.7. The number of carbonyl (C=O) groups excluding carboxylic acids is 1. The van der Waals surface area contributed by atoms with Crippen LogP contribution in [0.5, 0.6) is 5.75 Å². The highest BCUT2D eigenvalue weighted by molar-refractivity contribution is 6.34. The molecule has 0 bridgehead atoms. The lowest BCUT2D eigenvalue weighted by molar-refractivity contribution is -0.384. The van der Waals surface area contributed by atoms with Crippen molar-refractivity contribution in [3.05, 3.63) is 99.2 Å². The van der Waals surface area contributed by atoms with Crippen LogP contribution in [0.2, 0.25) is 5.02 Å². The predicted octanol–water partition coefficient (Wildman–Crippen LogP) is 6.09. The topological polar surface area (TPSA) is 131 Å². The molecule has 11 heteroatoms. The number of benzene rings is 3. The molecule has 10 nitrogen and oxygen atoms in total. The summed E-state index contributed by atoms with van der Waals surface area (Å²) in [5.41, 5.74) is 2.80. The van der Waals surface area contributed by atoms with E-state index in [4.69, 9.17) is 16.3 Å². The van der Waals surface area contributed by atoms with Gasteiger partial charge < -0.3 is 20.7 Å². The molecule has 4 rings (SSSR count). The maximum absolute atomic E-state index is 12.5. The summed E-state index contributed by atoms with van der Waals surface area (Å²) in [6, 6.07) is 19.9. The average molecular weight is 505 g/mol. The molecule has 0 radical (unpaired) electrons. The molecule has 0 saturated heterocycles. The molecular formula is C25H21ClN6O4. The van der Waals surface area contributed by atoms with E-state index in [2.05, 4.69) is 25.9 Å². The van der Waals surface area contributed by atoms with Crippen molar-refractivity contribution >= 4 is 52.0 Å². The maximum atomic E-state index is 12.5. The summed E-state index contributed by atoms with van der Waals surface area (Å²) < 4.78 is 5.18. The number of aryl methyl sites for hydroxylation is 1. The van der Waals surface area contributed by atoms with Gasteiger partial charge in [0.2, 0.25) is 5.95 Å². The normalized spacial score (nSPS) is 10.4. The smallest absolute Gasteiger partial charge is 0.270 e. The summed E-state index contributed by atoms with van der Waals surface area (Å²) in [4.78, 5) is 31.7. The number of anilines is 5. The standard InChI is InChI=1S/C25H21ClN6O4/c1-15-13-23(28-16-7-10-20(36-2)11-8-16)31-25(27-15)30-18-5-3-17(4-6-18)29-24(33)21-12-9-19(32(34)35)14-22(21)26/h3-14H,1-2H3,(H,29,33)(H2,27,28,30,31). The van der Waals surface area contributed by atoms with Crippen molar-refractivity contribution in [3.63, 3.8) is 0 Å². The van der Waals surface area contributed by atoms with Crippen LogP contribution in [-0.4, -0.2) is 27.9 Å². The minimum absolute atomic E-state index is 0.00404. The number of carbonyl (C=O) groups is 1. The van der Waals surface area contributed by atoms with Crippen molar-refractivity contribution in [2.24, 2.45) is 0 Å². The van der Waals surface area contributed by atoms with Crippen LogP contribution in [0.25, 0.3) is 0 Å². The van der Waals surface area contributed by atoms with E-state index in [1.54, 1.807) is 31.4 Å². The van der Waals surface area contributed by atoms with Crippen molar-refractivity contribution in [2.45, 2.75) is 6.92 Å². The van der Waals surface area contributed by atoms with Gasteiger partial charge >= 0.3 is 0 Å². The Labute approximate surface area is 211 Å². The molecule has 36 heavy (non-hydrogen) atoms. The van der Waals surface area contributed by atoms with Crippen LogP contribution in [0.1, 0.15) is 16.1 Å². The van der Waals surface area contributed by atoms with Gasteiger partial charge in [-0.15, -0.1) is 0 Å². The van der Waals surface area contributed by atoms with Crippen molar-refractivity contribution in [2.75, 3.05) is 23.1 Å². The van der Waals surface area contributed by atoms with Crippen LogP contribution in [0.4, 0.5) is 34.5 Å². The number of nitro benzene ring substituents is 1. The van der Waals surface area contributed by atoms with Crippen molar-refractivity contribution in [3.8, 4) is 5.75 Å². The second-order valence-corrected chi connectivity index (χ2v) is 8.06. The van der Waals surface area contributed by atoms with Gasteiger partial charge in [0.25, 0.3) is 11.6 Å². The monoisotopic (exact) mass is 504 g/mol. The minimum atomic E-state index is -0.574. The van der Waals surface area contributed by atoms with Crippen LogP contribution in [0.15, 0.2) is 72.8 Å². The van der Waals surface area contributed by atoms with Gasteiger partial charge in [0, 0.05) is 41.0 Å². The Hall–Kier alpha value is -4.70. The van der Waals surface area contributed by atoms with Gasteiger partial charge in [0.15, 0.2) is 0 Å². The highest BCUT2D eigenvalue weighted by Gasteiger charge is 2.15. The number of ether oxygens (including phenoxy) is 1. The Balaban J connectivity index is 1.42. The molecule has 3 aromatic carbocycles. The van der Waals surface area contributed by atoms with Crippen LogP contribution in [0, 0.1) is 17.0 Å². The van der Waals surface area contributed by atoms with Gasteiger partial charge in [0.1, 0.15) is 11.6 Å². The number of hydrogen-bond donors (Lipinski definition) is 3. The van der Waals surface area contributed by atoms with E-state index in [-0.39, 0.29) is 16.3 Å². The molecule has 1 heterocycles. The molecule has 1 aromatic heterocycles. The van der Waals surface area contributed by atoms with E-state index in [9.17, 15) is 14.9 Å². The van der Waals surface area contributed by atoms with Crippen LogP contribution < -0.4 is 20.7 Å². The maximum Gasteiger partial charge on any atom is 0.270 e. The van der Waals surface area contributed by atoms with Crippen molar-refractivity contribution < 1.29 is 14.5 Å². The Morgan fingerprint density at radius 1 is 0.917 bits per heavy atom. The second-order valence-electron chi connectivity index (χ2n) is 7.65. The molecule has 0 unspecified atom stereocenters. The zero-order valence-electron chi connectivity index (χ0n) is 19.3. The van der Waals surface area contributed by atoms with Crippen LogP contribution in [-0.2, 0) is 0 Å². The Morgan fingerprint density at radius 2 is 1.56 bits per heavy atom. The molecule has 0 saturated carbocycles. The third kappa shape index (κ3) is 6.05. The third-order valence-corrected chi connectivity index (χ3v) is 5.34. The zero-order chi connectivity index (χ0) is 25.7. The second kappa shape index (κ2) is 10.7. The number of halogens is 1. The van der Waals surface area contributed by atoms with Gasteiger partial charge in [-0.1, -0.05) is 11.6 Å². The summed E-state index contributed by atoms with van der Waals surface area (Å²) in [6.07, 6.45) is 0. The molecule has 0 aliphatic rings. The fourth-order valence-electron chi connectivity index (χ4n) is 3.28. The summed E-state index contributed by atoms with van der Waals surface area (Å²) in [5, 5.41) is 20.0. The number of hydrogen-bond acceptors (Lipinski definition) is 8. The largest absolute Gasteiger partial charge is 0.497 e. The van der Waals surface area contributed by atoms with E-state index in [1.165, 1.54) is 12.1 Å². The summed E-state index contributed by atoms with van der Waals surface area (Å²) in [6.45, 7) is 1.87. The molecule has 1 amide bonds. The fraction of sp³-hybridized carbons (Fsp3) is 0.0800. The van der Waals surface area contributed by atoms with E-state index >= 15 is 0 Å². The zero-order valence-corrected chi connectivity index (χ0v) is 20.0. The number of non-ortho nitro benzene ring substituents is 1. The Kier molecular flexibility index (Phi) is 7.26. The summed E-state index contributed by atoms with van der Waals surface area (Å²) >= 11 is 6.04. The lowest BCUT2D eigenvalue weighted by Gasteiger charge is -2.11. The van der Waals surface area contributed by atoms with E-state index < -0.39 is 10.8 Å². The lowest BCUT2D eigenvalue weighted by Crippen LogP contribution is -2.12. The first-order chi connectivity index (χ1) is 17.3. The molecule has 0 aliphatic carbocycles. The number of rotatable bonds is 8. The number of amides is 1. The van der Waals surface area contributed by atoms with Crippen molar-refractivity contribution in [1.82, 2.24) is 9.97 Å². The molecule has 0 spiro atoms. The van der Waals surface area contributed by atoms with Crippen LogP contribution >= 0.6 is 11.6 Å². The minimum Gasteiger partial charge on any atom is -0.497 e. The van der Waals surface area contributed by atoms with Crippen LogP contribution in [0.3, 0.4) is 0 Å². The molecule has 0 fully saturated rings. The molecule has 4 aromatic rings. The van der Waals surface area contributed by atoms with Gasteiger partial charge in [-0.3, -0.25) is 14.9 Å². The number of nitrogens with one attached hydrogen (secondary N) is 3. The van der Waals surface area contributed by atoms with Gasteiger partial charge in [0.05, 0.1) is 22.6 Å².